The molecule has 6 heteroatoms. The first kappa shape index (κ1) is 11.5. The van der Waals surface area contributed by atoms with Gasteiger partial charge in [-0.2, -0.15) is 0 Å². The van der Waals surface area contributed by atoms with Gasteiger partial charge in [-0.3, -0.25) is 0 Å². The van der Waals surface area contributed by atoms with E-state index in [9.17, 15) is 4.39 Å². The summed E-state index contributed by atoms with van der Waals surface area (Å²) in [4.78, 5) is 0. The largest absolute Gasteiger partial charge is 0.360 e. The van der Waals surface area contributed by atoms with Crippen molar-refractivity contribution in [2.75, 3.05) is 10.6 Å². The van der Waals surface area contributed by atoms with E-state index in [-0.39, 0.29) is 5.82 Å². The minimum absolute atomic E-state index is 0.290. The SMILES string of the molecule is Cc1cc(NC(=S)Nc2ccc(F)cc2)no1. The molecular formula is C11H10FN3OS. The number of aromatic nitrogens is 1. The lowest BCUT2D eigenvalue weighted by Crippen LogP contribution is -2.19. The van der Waals surface area contributed by atoms with Gasteiger partial charge >= 0.3 is 0 Å². The number of anilines is 2. The molecule has 0 fully saturated rings. The third-order valence-electron chi connectivity index (χ3n) is 1.97. The molecule has 0 bridgehead atoms. The summed E-state index contributed by atoms with van der Waals surface area (Å²) >= 11 is 5.06. The van der Waals surface area contributed by atoms with Crippen LogP contribution in [-0.2, 0) is 0 Å². The highest BCUT2D eigenvalue weighted by Crippen LogP contribution is 2.10. The molecule has 0 aliphatic rings. The molecule has 1 aromatic carbocycles. The maximum absolute atomic E-state index is 12.7. The highest BCUT2D eigenvalue weighted by Gasteiger charge is 2.03. The van der Waals surface area contributed by atoms with Crippen molar-refractivity contribution in [2.45, 2.75) is 6.92 Å². The normalized spacial score (nSPS) is 10.0. The molecule has 2 rings (SSSR count). The van der Waals surface area contributed by atoms with Gasteiger partial charge in [0.15, 0.2) is 10.9 Å². The van der Waals surface area contributed by atoms with Crippen LogP contribution in [-0.4, -0.2) is 10.3 Å². The van der Waals surface area contributed by atoms with Gasteiger partial charge in [0, 0.05) is 11.8 Å². The van der Waals surface area contributed by atoms with E-state index in [1.165, 1.54) is 12.1 Å². The molecule has 0 atom stereocenters. The second-order valence-electron chi connectivity index (χ2n) is 3.41. The van der Waals surface area contributed by atoms with Gasteiger partial charge in [-0.15, -0.1) is 0 Å². The van der Waals surface area contributed by atoms with Crippen LogP contribution >= 0.6 is 12.2 Å². The first-order valence-electron chi connectivity index (χ1n) is 4.90. The van der Waals surface area contributed by atoms with Gasteiger partial charge in [0.05, 0.1) is 0 Å². The van der Waals surface area contributed by atoms with Crippen molar-refractivity contribution in [3.05, 3.63) is 41.9 Å². The van der Waals surface area contributed by atoms with Crippen LogP contribution in [0.3, 0.4) is 0 Å². The van der Waals surface area contributed by atoms with Crippen LogP contribution in [0.5, 0.6) is 0 Å². The molecule has 0 amide bonds. The van der Waals surface area contributed by atoms with E-state index >= 15 is 0 Å². The van der Waals surface area contributed by atoms with Crippen LogP contribution in [0, 0.1) is 12.7 Å². The first-order valence-corrected chi connectivity index (χ1v) is 5.31. The molecular weight excluding hydrogens is 241 g/mol. The number of halogens is 1. The topological polar surface area (TPSA) is 50.1 Å². The molecule has 0 saturated carbocycles. The van der Waals surface area contributed by atoms with E-state index in [1.54, 1.807) is 25.1 Å². The summed E-state index contributed by atoms with van der Waals surface area (Å²) in [7, 11) is 0. The fourth-order valence-corrected chi connectivity index (χ4v) is 1.46. The van der Waals surface area contributed by atoms with Crippen LogP contribution in [0.15, 0.2) is 34.9 Å². The number of rotatable bonds is 2. The lowest BCUT2D eigenvalue weighted by atomic mass is 10.3. The Morgan fingerprint density at radius 3 is 2.59 bits per heavy atom. The third-order valence-corrected chi connectivity index (χ3v) is 2.18. The van der Waals surface area contributed by atoms with Gasteiger partial charge in [0.2, 0.25) is 0 Å². The van der Waals surface area contributed by atoms with Crippen molar-refractivity contribution in [1.82, 2.24) is 5.16 Å². The Bertz CT molecular complexity index is 524. The Morgan fingerprint density at radius 1 is 1.29 bits per heavy atom. The first-order chi connectivity index (χ1) is 8.13. The Kier molecular flexibility index (Phi) is 3.34. The lowest BCUT2D eigenvalue weighted by molar-refractivity contribution is 0.400. The average molecular weight is 251 g/mol. The highest BCUT2D eigenvalue weighted by molar-refractivity contribution is 7.80. The Labute approximate surface area is 103 Å². The molecule has 0 saturated heterocycles. The molecule has 2 aromatic rings. The van der Waals surface area contributed by atoms with E-state index in [2.05, 4.69) is 15.8 Å². The van der Waals surface area contributed by atoms with E-state index < -0.39 is 0 Å². The molecule has 0 unspecified atom stereocenters. The van der Waals surface area contributed by atoms with Crippen molar-refractivity contribution in [3.8, 4) is 0 Å². The summed E-state index contributed by atoms with van der Waals surface area (Å²) in [6.07, 6.45) is 0. The van der Waals surface area contributed by atoms with Gasteiger partial charge < -0.3 is 15.2 Å². The third kappa shape index (κ3) is 3.25. The number of nitrogens with one attached hydrogen (secondary N) is 2. The zero-order valence-corrected chi connectivity index (χ0v) is 9.84. The number of hydrogen-bond donors (Lipinski definition) is 2. The molecule has 2 N–H and O–H groups in total. The van der Waals surface area contributed by atoms with Crippen LogP contribution in [0.4, 0.5) is 15.9 Å². The summed E-state index contributed by atoms with van der Waals surface area (Å²) in [5.41, 5.74) is 0.698. The Morgan fingerprint density at radius 2 is 2.00 bits per heavy atom. The van der Waals surface area contributed by atoms with E-state index in [1.807, 2.05) is 0 Å². The monoisotopic (exact) mass is 251 g/mol. The molecule has 0 spiro atoms. The quantitative estimate of drug-likeness (QED) is 0.804. The van der Waals surface area contributed by atoms with Crippen LogP contribution in [0.2, 0.25) is 0 Å². The predicted molar refractivity (Wildman–Crippen MR) is 67.5 cm³/mol. The maximum Gasteiger partial charge on any atom is 0.176 e. The Hall–Kier alpha value is -1.95. The van der Waals surface area contributed by atoms with Gasteiger partial charge in [0.1, 0.15) is 11.6 Å². The second kappa shape index (κ2) is 4.92. The number of nitrogens with zero attached hydrogens (tertiary/aromatic N) is 1. The molecule has 17 heavy (non-hydrogen) atoms. The predicted octanol–water partition coefficient (Wildman–Crippen LogP) is 2.93. The Balaban J connectivity index is 1.95. The summed E-state index contributed by atoms with van der Waals surface area (Å²) < 4.78 is 17.6. The standard InChI is InChI=1S/C11H10FN3OS/c1-7-6-10(15-16-7)14-11(17)13-9-4-2-8(12)3-5-9/h2-6H,1H3,(H2,13,14,15,17). The minimum Gasteiger partial charge on any atom is -0.360 e. The highest BCUT2D eigenvalue weighted by atomic mass is 32.1. The van der Waals surface area contributed by atoms with Crippen molar-refractivity contribution in [2.24, 2.45) is 0 Å². The molecule has 0 aliphatic heterocycles. The molecule has 4 nitrogen and oxygen atoms in total. The van der Waals surface area contributed by atoms with Crippen LogP contribution < -0.4 is 10.6 Å². The van der Waals surface area contributed by atoms with Gasteiger partial charge in [-0.1, -0.05) is 5.16 Å². The smallest absolute Gasteiger partial charge is 0.176 e. The maximum atomic E-state index is 12.7. The van der Waals surface area contributed by atoms with E-state index in [4.69, 9.17) is 16.7 Å². The van der Waals surface area contributed by atoms with E-state index in [0.717, 1.165) is 0 Å². The number of hydrogen-bond acceptors (Lipinski definition) is 3. The van der Waals surface area contributed by atoms with Gasteiger partial charge in [-0.05, 0) is 43.4 Å². The molecule has 0 aliphatic carbocycles. The molecule has 88 valence electrons. The fraction of sp³-hybridized carbons (Fsp3) is 0.0909. The number of benzene rings is 1. The second-order valence-corrected chi connectivity index (χ2v) is 3.82. The van der Waals surface area contributed by atoms with Crippen LogP contribution in [0.25, 0.3) is 0 Å². The zero-order chi connectivity index (χ0) is 12.3. The van der Waals surface area contributed by atoms with Crippen molar-refractivity contribution in [1.29, 1.82) is 0 Å². The number of aryl methyl sites for hydroxylation is 1. The zero-order valence-electron chi connectivity index (χ0n) is 9.03. The molecule has 0 radical (unpaired) electrons. The summed E-state index contributed by atoms with van der Waals surface area (Å²) in [6.45, 7) is 1.79. The number of thiocarbonyl (C=S) groups is 1. The van der Waals surface area contributed by atoms with Gasteiger partial charge in [-0.25, -0.2) is 4.39 Å². The van der Waals surface area contributed by atoms with Crippen molar-refractivity contribution < 1.29 is 8.91 Å². The molecule has 1 heterocycles. The van der Waals surface area contributed by atoms with Gasteiger partial charge in [0.25, 0.3) is 0 Å². The summed E-state index contributed by atoms with van der Waals surface area (Å²) in [5, 5.41) is 9.85. The summed E-state index contributed by atoms with van der Waals surface area (Å²) in [5.74, 6) is 0.931. The van der Waals surface area contributed by atoms with Crippen molar-refractivity contribution >= 4 is 28.8 Å². The van der Waals surface area contributed by atoms with Crippen molar-refractivity contribution in [3.63, 3.8) is 0 Å². The minimum atomic E-state index is -0.290. The molecule has 1 aromatic heterocycles. The summed E-state index contributed by atoms with van der Waals surface area (Å²) in [6, 6.07) is 7.61. The fourth-order valence-electron chi connectivity index (χ4n) is 1.24. The average Bonchev–Trinajstić information content (AvgIpc) is 2.67. The lowest BCUT2D eigenvalue weighted by Gasteiger charge is -2.07. The van der Waals surface area contributed by atoms with Crippen LogP contribution in [0.1, 0.15) is 5.76 Å². The van der Waals surface area contributed by atoms with E-state index in [0.29, 0.717) is 22.4 Å².